The lowest BCUT2D eigenvalue weighted by Gasteiger charge is -1.99. The predicted molar refractivity (Wildman–Crippen MR) is 69.2 cm³/mol. The molecule has 0 fully saturated rings. The minimum Gasteiger partial charge on any atom is -0.398 e. The van der Waals surface area contributed by atoms with Gasteiger partial charge < -0.3 is 10.8 Å². The molecule has 0 aromatic heterocycles. The molecular weight excluding hydrogens is 210 g/mol. The van der Waals surface area contributed by atoms with Crippen LogP contribution in [0, 0.1) is 11.8 Å². The van der Waals surface area contributed by atoms with Crippen molar-refractivity contribution in [3.63, 3.8) is 0 Å². The van der Waals surface area contributed by atoms with Crippen LogP contribution < -0.4 is 5.73 Å². The second-order valence-electron chi connectivity index (χ2n) is 3.65. The number of rotatable bonds is 1. The second-order valence-corrected chi connectivity index (χ2v) is 3.65. The molecule has 3 N–H and O–H groups in total. The van der Waals surface area contributed by atoms with Gasteiger partial charge in [-0.05, 0) is 23.8 Å². The van der Waals surface area contributed by atoms with Crippen molar-refractivity contribution >= 4 is 5.69 Å². The largest absolute Gasteiger partial charge is 0.398 e. The molecule has 0 saturated heterocycles. The first-order valence-electron chi connectivity index (χ1n) is 5.36. The van der Waals surface area contributed by atoms with Gasteiger partial charge in [0.05, 0.1) is 6.61 Å². The van der Waals surface area contributed by atoms with Crippen molar-refractivity contribution in [3.8, 4) is 11.8 Å². The topological polar surface area (TPSA) is 46.2 Å². The number of hydrogen-bond donors (Lipinski definition) is 2. The standard InChI is InChI=1S/C15H13NO/c16-15-8-4-3-6-13(15)10-9-12-5-1-2-7-14(12)11-17/h1-8,17H,11,16H2. The molecule has 0 bridgehead atoms. The summed E-state index contributed by atoms with van der Waals surface area (Å²) in [5.41, 5.74) is 8.94. The fourth-order valence-corrected chi connectivity index (χ4v) is 1.53. The maximum Gasteiger partial charge on any atom is 0.0694 e. The van der Waals surface area contributed by atoms with Gasteiger partial charge in [-0.15, -0.1) is 0 Å². The van der Waals surface area contributed by atoms with Crippen molar-refractivity contribution in [1.29, 1.82) is 0 Å². The summed E-state index contributed by atoms with van der Waals surface area (Å²) in [4.78, 5) is 0. The Balaban J connectivity index is 2.37. The van der Waals surface area contributed by atoms with E-state index in [-0.39, 0.29) is 6.61 Å². The maximum absolute atomic E-state index is 9.18. The van der Waals surface area contributed by atoms with Gasteiger partial charge in [0.1, 0.15) is 0 Å². The van der Waals surface area contributed by atoms with Crippen LogP contribution in [0.2, 0.25) is 0 Å². The molecule has 0 amide bonds. The Bertz CT molecular complexity index is 579. The zero-order chi connectivity index (χ0) is 12.1. The molecule has 0 spiro atoms. The molecule has 0 aliphatic carbocycles. The Kier molecular flexibility index (Phi) is 3.44. The summed E-state index contributed by atoms with van der Waals surface area (Å²) in [7, 11) is 0. The van der Waals surface area contributed by atoms with Crippen LogP contribution in [0.5, 0.6) is 0 Å². The highest BCUT2D eigenvalue weighted by Crippen LogP contribution is 2.10. The van der Waals surface area contributed by atoms with Crippen LogP contribution in [0.1, 0.15) is 16.7 Å². The molecule has 0 heterocycles. The number of hydrogen-bond acceptors (Lipinski definition) is 2. The predicted octanol–water partition coefficient (Wildman–Crippen LogP) is 2.16. The van der Waals surface area contributed by atoms with Gasteiger partial charge in [0, 0.05) is 16.8 Å². The Hall–Kier alpha value is -2.24. The van der Waals surface area contributed by atoms with Gasteiger partial charge in [0.25, 0.3) is 0 Å². The van der Waals surface area contributed by atoms with Crippen LogP contribution in [0.15, 0.2) is 48.5 Å². The number of nitrogens with two attached hydrogens (primary N) is 1. The second kappa shape index (κ2) is 5.20. The average Bonchev–Trinajstić information content (AvgIpc) is 2.38. The van der Waals surface area contributed by atoms with Crippen molar-refractivity contribution < 1.29 is 5.11 Å². The van der Waals surface area contributed by atoms with Gasteiger partial charge in [-0.3, -0.25) is 0 Å². The molecule has 2 aromatic carbocycles. The zero-order valence-corrected chi connectivity index (χ0v) is 9.35. The van der Waals surface area contributed by atoms with E-state index in [0.717, 1.165) is 16.7 Å². The average molecular weight is 223 g/mol. The van der Waals surface area contributed by atoms with Gasteiger partial charge in [-0.1, -0.05) is 42.2 Å². The van der Waals surface area contributed by atoms with Crippen molar-refractivity contribution in [2.45, 2.75) is 6.61 Å². The summed E-state index contributed by atoms with van der Waals surface area (Å²) >= 11 is 0. The summed E-state index contributed by atoms with van der Waals surface area (Å²) in [5, 5.41) is 9.18. The van der Waals surface area contributed by atoms with E-state index in [1.54, 1.807) is 0 Å². The normalized spacial score (nSPS) is 9.47. The van der Waals surface area contributed by atoms with Gasteiger partial charge in [-0.2, -0.15) is 0 Å². The Labute approximate surface area is 101 Å². The van der Waals surface area contributed by atoms with Gasteiger partial charge in [-0.25, -0.2) is 0 Å². The summed E-state index contributed by atoms with van der Waals surface area (Å²) in [5.74, 6) is 6.05. The van der Waals surface area contributed by atoms with Crippen LogP contribution in [-0.4, -0.2) is 5.11 Å². The summed E-state index contributed by atoms with van der Waals surface area (Å²) < 4.78 is 0. The molecular formula is C15H13NO. The SMILES string of the molecule is Nc1ccccc1C#Cc1ccccc1CO. The van der Waals surface area contributed by atoms with Crippen LogP contribution in [0.3, 0.4) is 0 Å². The van der Waals surface area contributed by atoms with Gasteiger partial charge in [0.15, 0.2) is 0 Å². The molecule has 2 aromatic rings. The van der Waals surface area contributed by atoms with Crippen LogP contribution in [0.25, 0.3) is 0 Å². The zero-order valence-electron chi connectivity index (χ0n) is 9.35. The lowest BCUT2D eigenvalue weighted by molar-refractivity contribution is 0.281. The molecule has 0 radical (unpaired) electrons. The molecule has 0 aliphatic heterocycles. The molecule has 2 nitrogen and oxygen atoms in total. The first-order chi connectivity index (χ1) is 8.31. The summed E-state index contributed by atoms with van der Waals surface area (Å²) in [6.07, 6.45) is 0. The lowest BCUT2D eigenvalue weighted by Crippen LogP contribution is -1.90. The fraction of sp³-hybridized carbons (Fsp3) is 0.0667. The number of para-hydroxylation sites is 1. The Morgan fingerprint density at radius 1 is 0.882 bits per heavy atom. The molecule has 0 unspecified atom stereocenters. The van der Waals surface area contributed by atoms with E-state index in [1.165, 1.54) is 0 Å². The molecule has 0 saturated carbocycles. The van der Waals surface area contributed by atoms with Crippen LogP contribution in [-0.2, 0) is 6.61 Å². The molecule has 0 atom stereocenters. The van der Waals surface area contributed by atoms with Crippen molar-refractivity contribution in [1.82, 2.24) is 0 Å². The number of aliphatic hydroxyl groups is 1. The number of aliphatic hydroxyl groups excluding tert-OH is 1. The van der Waals surface area contributed by atoms with E-state index in [1.807, 2.05) is 48.5 Å². The molecule has 84 valence electrons. The first kappa shape index (κ1) is 11.3. The smallest absolute Gasteiger partial charge is 0.0694 e. The van der Waals surface area contributed by atoms with E-state index in [0.29, 0.717) is 5.69 Å². The highest BCUT2D eigenvalue weighted by molar-refractivity contribution is 5.57. The van der Waals surface area contributed by atoms with Gasteiger partial charge >= 0.3 is 0 Å². The summed E-state index contributed by atoms with van der Waals surface area (Å²) in [6.45, 7) is -0.00484. The quantitative estimate of drug-likeness (QED) is 0.575. The molecule has 0 aliphatic rings. The third kappa shape index (κ3) is 2.66. The summed E-state index contributed by atoms with van der Waals surface area (Å²) in [6, 6.07) is 15.0. The van der Waals surface area contributed by atoms with E-state index < -0.39 is 0 Å². The minimum atomic E-state index is -0.00484. The van der Waals surface area contributed by atoms with Crippen LogP contribution in [0.4, 0.5) is 5.69 Å². The molecule has 17 heavy (non-hydrogen) atoms. The monoisotopic (exact) mass is 223 g/mol. The highest BCUT2D eigenvalue weighted by atomic mass is 16.3. The third-order valence-corrected chi connectivity index (χ3v) is 2.48. The maximum atomic E-state index is 9.18. The number of anilines is 1. The van der Waals surface area contributed by atoms with Gasteiger partial charge in [0.2, 0.25) is 0 Å². The van der Waals surface area contributed by atoms with E-state index in [4.69, 9.17) is 5.73 Å². The van der Waals surface area contributed by atoms with E-state index in [2.05, 4.69) is 11.8 Å². The van der Waals surface area contributed by atoms with Crippen LogP contribution >= 0.6 is 0 Å². The van der Waals surface area contributed by atoms with E-state index >= 15 is 0 Å². The molecule has 2 heteroatoms. The fourth-order valence-electron chi connectivity index (χ4n) is 1.53. The van der Waals surface area contributed by atoms with Crippen molar-refractivity contribution in [2.24, 2.45) is 0 Å². The van der Waals surface area contributed by atoms with Crippen molar-refractivity contribution in [2.75, 3.05) is 5.73 Å². The Morgan fingerprint density at radius 3 is 2.18 bits per heavy atom. The lowest BCUT2D eigenvalue weighted by atomic mass is 10.1. The number of nitrogen functional groups attached to an aromatic ring is 1. The number of benzene rings is 2. The molecule has 2 rings (SSSR count). The minimum absolute atomic E-state index is 0.00484. The van der Waals surface area contributed by atoms with Crippen molar-refractivity contribution in [3.05, 3.63) is 65.2 Å². The highest BCUT2D eigenvalue weighted by Gasteiger charge is 1.96. The Morgan fingerprint density at radius 2 is 1.47 bits per heavy atom. The van der Waals surface area contributed by atoms with E-state index in [9.17, 15) is 5.11 Å². The third-order valence-electron chi connectivity index (χ3n) is 2.48. The first-order valence-corrected chi connectivity index (χ1v) is 5.36.